The molecule has 0 radical (unpaired) electrons. The van der Waals surface area contributed by atoms with Gasteiger partial charge in [0, 0.05) is 25.4 Å². The summed E-state index contributed by atoms with van der Waals surface area (Å²) in [5.41, 5.74) is 5.52. The summed E-state index contributed by atoms with van der Waals surface area (Å²) in [7, 11) is 1.56. The van der Waals surface area contributed by atoms with Crippen molar-refractivity contribution in [2.75, 3.05) is 20.1 Å². The summed E-state index contributed by atoms with van der Waals surface area (Å²) in [6.07, 6.45) is 3.11. The number of carbonyl (C=O) groups excluding carboxylic acids is 2. The zero-order chi connectivity index (χ0) is 26.6. The molecule has 194 valence electrons. The molecule has 3 heterocycles. The minimum Gasteiger partial charge on any atom is -0.489 e. The number of likely N-dealkylation sites (N-methyl/N-ethyl adjacent to an activating group) is 1. The molecule has 0 saturated heterocycles. The number of aromatic nitrogens is 4. The largest absolute Gasteiger partial charge is 0.489 e. The Morgan fingerprint density at radius 2 is 1.82 bits per heavy atom. The van der Waals surface area contributed by atoms with Crippen LogP contribution in [0.1, 0.15) is 41.4 Å². The van der Waals surface area contributed by atoms with Crippen molar-refractivity contribution in [2.45, 2.75) is 32.9 Å². The Hall–Kier alpha value is -4.53. The monoisotopic (exact) mass is 510 g/mol. The van der Waals surface area contributed by atoms with Crippen molar-refractivity contribution in [2.24, 2.45) is 0 Å². The number of hydrogen-bond acceptors (Lipinski definition) is 6. The van der Waals surface area contributed by atoms with Gasteiger partial charge in [0.05, 0.1) is 18.8 Å². The number of fused-ring (bicyclic) bond motifs is 1. The van der Waals surface area contributed by atoms with Crippen molar-refractivity contribution in [3.8, 4) is 28.3 Å². The van der Waals surface area contributed by atoms with E-state index in [2.05, 4.69) is 53.4 Å². The lowest BCUT2D eigenvalue weighted by molar-refractivity contribution is -0.121. The van der Waals surface area contributed by atoms with E-state index >= 15 is 0 Å². The van der Waals surface area contributed by atoms with E-state index < -0.39 is 0 Å². The predicted molar refractivity (Wildman–Crippen MR) is 144 cm³/mol. The predicted octanol–water partition coefficient (Wildman–Crippen LogP) is 3.91. The summed E-state index contributed by atoms with van der Waals surface area (Å²) in [5.74, 6) is 0.748. The lowest BCUT2D eigenvalue weighted by atomic mass is 9.99. The zero-order valence-electron chi connectivity index (χ0n) is 21.7. The van der Waals surface area contributed by atoms with Crippen molar-refractivity contribution in [3.05, 3.63) is 83.9 Å². The molecule has 0 spiro atoms. The van der Waals surface area contributed by atoms with Gasteiger partial charge in [0.25, 0.3) is 5.91 Å². The first kappa shape index (κ1) is 25.1. The first-order valence-corrected chi connectivity index (χ1v) is 12.6. The molecule has 2 aromatic heterocycles. The minimum absolute atomic E-state index is 0.00623. The lowest BCUT2D eigenvalue weighted by Gasteiger charge is -2.27. The maximum atomic E-state index is 13.5. The van der Waals surface area contributed by atoms with Crippen LogP contribution in [0.3, 0.4) is 0 Å². The van der Waals surface area contributed by atoms with Gasteiger partial charge in [-0.05, 0) is 40.8 Å². The van der Waals surface area contributed by atoms with Gasteiger partial charge in [-0.15, -0.1) is 0 Å². The van der Waals surface area contributed by atoms with E-state index in [4.69, 9.17) is 9.84 Å². The fourth-order valence-electron chi connectivity index (χ4n) is 4.48. The standard InChI is InChI=1S/C29H30N6O3/c1-19(2)21-6-4-20(5-7-21)17-38-23-10-8-22(9-11-23)26-27(24-12-13-31-18-32-24)33-35-15-14-34(16-25(36)30-3)29(37)28(26)35/h4-13,18-19H,14-17H2,1-3H3,(H,30,36). The number of amides is 2. The molecule has 0 atom stereocenters. The molecule has 1 N–H and O–H groups in total. The van der Waals surface area contributed by atoms with Gasteiger partial charge in [0.2, 0.25) is 5.91 Å². The van der Waals surface area contributed by atoms with Crippen LogP contribution in [0.5, 0.6) is 5.75 Å². The number of benzene rings is 2. The van der Waals surface area contributed by atoms with Gasteiger partial charge in [-0.1, -0.05) is 50.2 Å². The second-order valence-electron chi connectivity index (χ2n) is 9.50. The molecule has 2 amide bonds. The highest BCUT2D eigenvalue weighted by Gasteiger charge is 2.33. The molecule has 5 rings (SSSR count). The van der Waals surface area contributed by atoms with E-state index in [0.29, 0.717) is 48.3 Å². The van der Waals surface area contributed by atoms with E-state index in [-0.39, 0.29) is 18.4 Å². The maximum absolute atomic E-state index is 13.5. The number of nitrogens with zero attached hydrogens (tertiary/aromatic N) is 5. The van der Waals surface area contributed by atoms with Gasteiger partial charge in [-0.3, -0.25) is 14.3 Å². The Bertz CT molecular complexity index is 1430. The molecule has 0 aliphatic carbocycles. The van der Waals surface area contributed by atoms with Crippen LogP contribution in [-0.2, 0) is 17.9 Å². The highest BCUT2D eigenvalue weighted by molar-refractivity contribution is 6.04. The Morgan fingerprint density at radius 3 is 2.47 bits per heavy atom. The number of nitrogens with one attached hydrogen (secondary N) is 1. The van der Waals surface area contributed by atoms with E-state index in [0.717, 1.165) is 16.9 Å². The minimum atomic E-state index is -0.243. The van der Waals surface area contributed by atoms with E-state index in [9.17, 15) is 9.59 Å². The lowest BCUT2D eigenvalue weighted by Crippen LogP contribution is -2.45. The van der Waals surface area contributed by atoms with Crippen LogP contribution in [0.4, 0.5) is 0 Å². The van der Waals surface area contributed by atoms with Gasteiger partial charge in [-0.2, -0.15) is 5.10 Å². The number of carbonyl (C=O) groups is 2. The van der Waals surface area contributed by atoms with Gasteiger partial charge in [0.15, 0.2) is 0 Å². The fourth-order valence-corrected chi connectivity index (χ4v) is 4.48. The second kappa shape index (κ2) is 10.8. The molecule has 9 heteroatoms. The molecule has 0 fully saturated rings. The van der Waals surface area contributed by atoms with Gasteiger partial charge in [0.1, 0.15) is 30.1 Å². The molecule has 1 aliphatic heterocycles. The number of hydrogen-bond donors (Lipinski definition) is 1. The van der Waals surface area contributed by atoms with E-state index in [1.807, 2.05) is 24.3 Å². The van der Waals surface area contributed by atoms with Gasteiger partial charge in [-0.25, -0.2) is 9.97 Å². The van der Waals surface area contributed by atoms with Crippen LogP contribution < -0.4 is 10.1 Å². The quantitative estimate of drug-likeness (QED) is 0.386. The summed E-state index contributed by atoms with van der Waals surface area (Å²) in [6, 6.07) is 17.8. The molecule has 9 nitrogen and oxygen atoms in total. The number of ether oxygens (including phenoxy) is 1. The van der Waals surface area contributed by atoms with Crippen LogP contribution >= 0.6 is 0 Å². The molecule has 0 unspecified atom stereocenters. The Labute approximate surface area is 221 Å². The summed E-state index contributed by atoms with van der Waals surface area (Å²) in [6.45, 7) is 5.68. The molecule has 0 bridgehead atoms. The Kier molecular flexibility index (Phi) is 7.17. The van der Waals surface area contributed by atoms with Crippen LogP contribution in [0.15, 0.2) is 67.1 Å². The molecule has 0 saturated carbocycles. The third-order valence-corrected chi connectivity index (χ3v) is 6.66. The molecular formula is C29H30N6O3. The fraction of sp³-hybridized carbons (Fsp3) is 0.276. The highest BCUT2D eigenvalue weighted by atomic mass is 16.5. The highest BCUT2D eigenvalue weighted by Crippen LogP contribution is 2.36. The first-order chi connectivity index (χ1) is 18.4. The molecule has 4 aromatic rings. The number of rotatable bonds is 8. The summed E-state index contributed by atoms with van der Waals surface area (Å²) in [4.78, 5) is 35.5. The van der Waals surface area contributed by atoms with Gasteiger partial charge >= 0.3 is 0 Å². The summed E-state index contributed by atoms with van der Waals surface area (Å²) < 4.78 is 7.73. The second-order valence-corrected chi connectivity index (χ2v) is 9.50. The van der Waals surface area contributed by atoms with Crippen LogP contribution in [-0.4, -0.2) is 56.6 Å². The van der Waals surface area contributed by atoms with Crippen molar-refractivity contribution >= 4 is 11.8 Å². The average molecular weight is 511 g/mol. The molecular weight excluding hydrogens is 480 g/mol. The van der Waals surface area contributed by atoms with E-state index in [1.54, 1.807) is 28.9 Å². The van der Waals surface area contributed by atoms with Crippen LogP contribution in [0, 0.1) is 0 Å². The zero-order valence-corrected chi connectivity index (χ0v) is 21.7. The van der Waals surface area contributed by atoms with Crippen molar-refractivity contribution < 1.29 is 14.3 Å². The first-order valence-electron chi connectivity index (χ1n) is 12.6. The normalized spacial score (nSPS) is 12.9. The van der Waals surface area contributed by atoms with E-state index in [1.165, 1.54) is 11.9 Å². The average Bonchev–Trinajstić information content (AvgIpc) is 3.35. The van der Waals surface area contributed by atoms with Crippen molar-refractivity contribution in [1.29, 1.82) is 0 Å². The van der Waals surface area contributed by atoms with Crippen molar-refractivity contribution in [1.82, 2.24) is 30.0 Å². The SMILES string of the molecule is CNC(=O)CN1CCn2nc(-c3ccncn3)c(-c3ccc(OCc4ccc(C(C)C)cc4)cc3)c2C1=O. The van der Waals surface area contributed by atoms with Crippen molar-refractivity contribution in [3.63, 3.8) is 0 Å². The smallest absolute Gasteiger partial charge is 0.273 e. The van der Waals surface area contributed by atoms with Gasteiger partial charge < -0.3 is 15.0 Å². The third kappa shape index (κ3) is 5.13. The third-order valence-electron chi connectivity index (χ3n) is 6.66. The molecule has 1 aliphatic rings. The van der Waals surface area contributed by atoms with Crippen LogP contribution in [0.25, 0.3) is 22.5 Å². The Morgan fingerprint density at radius 1 is 1.05 bits per heavy atom. The topological polar surface area (TPSA) is 102 Å². The molecule has 38 heavy (non-hydrogen) atoms. The summed E-state index contributed by atoms with van der Waals surface area (Å²) >= 11 is 0. The van der Waals surface area contributed by atoms with Crippen LogP contribution in [0.2, 0.25) is 0 Å². The Balaban J connectivity index is 1.44. The summed E-state index contributed by atoms with van der Waals surface area (Å²) in [5, 5.41) is 7.33. The molecule has 2 aromatic carbocycles. The maximum Gasteiger partial charge on any atom is 0.273 e.